The summed E-state index contributed by atoms with van der Waals surface area (Å²) in [4.78, 5) is 15.7. The highest BCUT2D eigenvalue weighted by atomic mass is 35.5. The van der Waals surface area contributed by atoms with E-state index >= 15 is 0 Å². The van der Waals surface area contributed by atoms with Gasteiger partial charge in [0.2, 0.25) is 0 Å². The third kappa shape index (κ3) is 2.32. The standard InChI is InChI=1S/C10H7ClN2O2S/c11-6-1-3-7(4-2-6)15-10(14)8-9(12)13-5-16-8/h1-5H,12H2. The summed E-state index contributed by atoms with van der Waals surface area (Å²) in [5.74, 6) is 0.0912. The Bertz CT molecular complexity index is 510. The highest BCUT2D eigenvalue weighted by Gasteiger charge is 2.14. The van der Waals surface area contributed by atoms with Crippen LogP contribution in [0.25, 0.3) is 0 Å². The van der Waals surface area contributed by atoms with Crippen molar-refractivity contribution in [1.82, 2.24) is 4.98 Å². The van der Waals surface area contributed by atoms with Crippen molar-refractivity contribution in [1.29, 1.82) is 0 Å². The number of ether oxygens (including phenoxy) is 1. The molecule has 0 bridgehead atoms. The van der Waals surface area contributed by atoms with E-state index in [2.05, 4.69) is 4.98 Å². The second kappa shape index (κ2) is 4.51. The van der Waals surface area contributed by atoms with Crippen molar-refractivity contribution in [2.75, 3.05) is 5.73 Å². The van der Waals surface area contributed by atoms with Gasteiger partial charge in [-0.2, -0.15) is 0 Å². The molecule has 2 rings (SSSR count). The van der Waals surface area contributed by atoms with E-state index < -0.39 is 5.97 Å². The zero-order chi connectivity index (χ0) is 11.5. The van der Waals surface area contributed by atoms with Gasteiger partial charge in [0, 0.05) is 5.02 Å². The average molecular weight is 255 g/mol. The molecule has 2 N–H and O–H groups in total. The van der Waals surface area contributed by atoms with E-state index in [9.17, 15) is 4.79 Å². The Morgan fingerprint density at radius 3 is 2.62 bits per heavy atom. The molecule has 0 spiro atoms. The average Bonchev–Trinajstić information content (AvgIpc) is 2.68. The molecule has 2 aromatic rings. The van der Waals surface area contributed by atoms with Gasteiger partial charge in [-0.05, 0) is 24.3 Å². The number of thiazole rings is 1. The smallest absolute Gasteiger partial charge is 0.357 e. The molecule has 0 atom stereocenters. The van der Waals surface area contributed by atoms with Crippen molar-refractivity contribution in [2.24, 2.45) is 0 Å². The fraction of sp³-hybridized carbons (Fsp3) is 0. The number of nitrogens with zero attached hydrogens (tertiary/aromatic N) is 1. The Kier molecular flexibility index (Phi) is 3.07. The van der Waals surface area contributed by atoms with Crippen LogP contribution in [-0.4, -0.2) is 11.0 Å². The minimum absolute atomic E-state index is 0.184. The van der Waals surface area contributed by atoms with Crippen molar-refractivity contribution in [2.45, 2.75) is 0 Å². The fourth-order valence-corrected chi connectivity index (χ4v) is 1.77. The Balaban J connectivity index is 2.14. The van der Waals surface area contributed by atoms with Crippen LogP contribution in [0.15, 0.2) is 29.8 Å². The van der Waals surface area contributed by atoms with E-state index in [1.807, 2.05) is 0 Å². The van der Waals surface area contributed by atoms with E-state index in [-0.39, 0.29) is 5.82 Å². The first-order valence-corrected chi connectivity index (χ1v) is 5.59. The lowest BCUT2D eigenvalue weighted by molar-refractivity contribution is 0.0740. The van der Waals surface area contributed by atoms with E-state index in [0.29, 0.717) is 15.6 Å². The van der Waals surface area contributed by atoms with Gasteiger partial charge in [-0.1, -0.05) is 11.6 Å². The molecule has 0 fully saturated rings. The number of esters is 1. The molecule has 0 saturated carbocycles. The highest BCUT2D eigenvalue weighted by molar-refractivity contribution is 7.12. The van der Waals surface area contributed by atoms with Gasteiger partial charge in [-0.25, -0.2) is 9.78 Å². The molecule has 0 amide bonds. The van der Waals surface area contributed by atoms with Crippen molar-refractivity contribution in [3.05, 3.63) is 39.7 Å². The molecule has 82 valence electrons. The first-order chi connectivity index (χ1) is 7.66. The number of hydrogen-bond donors (Lipinski definition) is 1. The molecule has 0 aliphatic heterocycles. The van der Waals surface area contributed by atoms with Crippen LogP contribution in [0.1, 0.15) is 9.67 Å². The molecule has 0 unspecified atom stereocenters. The number of nitrogens with two attached hydrogens (primary N) is 1. The third-order valence-electron chi connectivity index (χ3n) is 1.80. The van der Waals surface area contributed by atoms with Crippen LogP contribution in [0.2, 0.25) is 5.02 Å². The van der Waals surface area contributed by atoms with E-state index in [0.717, 1.165) is 11.3 Å². The van der Waals surface area contributed by atoms with Gasteiger partial charge >= 0.3 is 5.97 Å². The van der Waals surface area contributed by atoms with Crippen LogP contribution in [0.4, 0.5) is 5.82 Å². The number of anilines is 1. The van der Waals surface area contributed by atoms with Crippen molar-refractivity contribution in [3.63, 3.8) is 0 Å². The summed E-state index contributed by atoms with van der Waals surface area (Å²) < 4.78 is 5.09. The lowest BCUT2D eigenvalue weighted by Crippen LogP contribution is -2.08. The molecule has 16 heavy (non-hydrogen) atoms. The van der Waals surface area contributed by atoms with Gasteiger partial charge < -0.3 is 10.5 Å². The Hall–Kier alpha value is -1.59. The molecular weight excluding hydrogens is 248 g/mol. The van der Waals surface area contributed by atoms with E-state index in [4.69, 9.17) is 22.1 Å². The van der Waals surface area contributed by atoms with Gasteiger partial charge in [0.1, 0.15) is 11.6 Å². The molecule has 0 saturated heterocycles. The molecule has 6 heteroatoms. The van der Waals surface area contributed by atoms with Crippen LogP contribution in [-0.2, 0) is 0 Å². The topological polar surface area (TPSA) is 65.2 Å². The van der Waals surface area contributed by atoms with Crippen LogP contribution < -0.4 is 10.5 Å². The summed E-state index contributed by atoms with van der Waals surface area (Å²) in [5.41, 5.74) is 6.99. The molecule has 0 aliphatic carbocycles. The number of carbonyl (C=O) groups excluding carboxylic acids is 1. The van der Waals surface area contributed by atoms with Crippen molar-refractivity contribution >= 4 is 34.7 Å². The predicted molar refractivity (Wildman–Crippen MR) is 62.9 cm³/mol. The number of rotatable bonds is 2. The molecule has 4 nitrogen and oxygen atoms in total. The molecule has 1 heterocycles. The molecule has 0 aliphatic rings. The quantitative estimate of drug-likeness (QED) is 0.661. The van der Waals surface area contributed by atoms with Crippen LogP contribution in [0, 0.1) is 0 Å². The van der Waals surface area contributed by atoms with Crippen molar-refractivity contribution < 1.29 is 9.53 Å². The van der Waals surface area contributed by atoms with Crippen LogP contribution in [0.3, 0.4) is 0 Å². The van der Waals surface area contributed by atoms with E-state index in [1.54, 1.807) is 24.3 Å². The summed E-state index contributed by atoms with van der Waals surface area (Å²) in [5, 5.41) is 0.581. The number of aromatic nitrogens is 1. The summed E-state index contributed by atoms with van der Waals surface area (Å²) in [6, 6.07) is 6.50. The van der Waals surface area contributed by atoms with E-state index in [1.165, 1.54) is 5.51 Å². The number of carbonyl (C=O) groups is 1. The Morgan fingerprint density at radius 1 is 1.38 bits per heavy atom. The maximum absolute atomic E-state index is 11.6. The minimum Gasteiger partial charge on any atom is -0.422 e. The molecule has 0 radical (unpaired) electrons. The van der Waals surface area contributed by atoms with Gasteiger partial charge in [0.05, 0.1) is 5.51 Å². The highest BCUT2D eigenvalue weighted by Crippen LogP contribution is 2.20. The zero-order valence-corrected chi connectivity index (χ0v) is 9.59. The Labute approximate surface area is 101 Å². The molecular formula is C10H7ClN2O2S. The predicted octanol–water partition coefficient (Wildman–Crippen LogP) is 2.60. The SMILES string of the molecule is Nc1ncsc1C(=O)Oc1ccc(Cl)cc1. The van der Waals surface area contributed by atoms with Crippen LogP contribution >= 0.6 is 22.9 Å². The maximum atomic E-state index is 11.6. The van der Waals surface area contributed by atoms with Crippen LogP contribution in [0.5, 0.6) is 5.75 Å². The normalized spacial score (nSPS) is 10.1. The Morgan fingerprint density at radius 2 is 2.06 bits per heavy atom. The second-order valence-corrected chi connectivity index (χ2v) is 4.20. The summed E-state index contributed by atoms with van der Waals surface area (Å²) in [6.45, 7) is 0. The fourth-order valence-electron chi connectivity index (χ4n) is 1.06. The van der Waals surface area contributed by atoms with Gasteiger partial charge in [0.25, 0.3) is 0 Å². The summed E-state index contributed by atoms with van der Waals surface area (Å²) in [7, 11) is 0. The third-order valence-corrected chi connectivity index (χ3v) is 2.88. The summed E-state index contributed by atoms with van der Waals surface area (Å²) in [6.07, 6.45) is 0. The van der Waals surface area contributed by atoms with Crippen molar-refractivity contribution in [3.8, 4) is 5.75 Å². The minimum atomic E-state index is -0.512. The zero-order valence-electron chi connectivity index (χ0n) is 8.01. The number of hydrogen-bond acceptors (Lipinski definition) is 5. The maximum Gasteiger partial charge on any atom is 0.357 e. The lowest BCUT2D eigenvalue weighted by atomic mass is 10.3. The van der Waals surface area contributed by atoms with Gasteiger partial charge in [0.15, 0.2) is 4.88 Å². The number of nitrogen functional groups attached to an aromatic ring is 1. The molecule has 1 aromatic carbocycles. The van der Waals surface area contributed by atoms with Gasteiger partial charge in [-0.15, -0.1) is 11.3 Å². The lowest BCUT2D eigenvalue weighted by Gasteiger charge is -2.02. The summed E-state index contributed by atoms with van der Waals surface area (Å²) >= 11 is 6.85. The monoisotopic (exact) mass is 254 g/mol. The van der Waals surface area contributed by atoms with Gasteiger partial charge in [-0.3, -0.25) is 0 Å². The molecule has 1 aromatic heterocycles. The number of halogens is 1. The largest absolute Gasteiger partial charge is 0.422 e. The number of benzene rings is 1. The first-order valence-electron chi connectivity index (χ1n) is 4.33. The second-order valence-electron chi connectivity index (χ2n) is 2.91. The first kappa shape index (κ1) is 10.9.